The topological polar surface area (TPSA) is 17.8 Å². The van der Waals surface area contributed by atoms with E-state index in [1.54, 1.807) is 10.9 Å². The maximum atomic E-state index is 12.0. The first-order chi connectivity index (χ1) is 6.52. The molecule has 0 unspecified atom stereocenters. The van der Waals surface area contributed by atoms with E-state index in [-0.39, 0.29) is 6.42 Å². The van der Waals surface area contributed by atoms with Crippen LogP contribution in [-0.2, 0) is 6.54 Å². The fraction of sp³-hybridized carbons (Fsp3) is 0.700. The standard InChI is InChI=1S/C10H16F2N2/c1-7(2)9-6-13-14(8(9)3)5-4-10(11)12/h6-7,10H,4-5H2,1-3H3. The third kappa shape index (κ3) is 2.53. The van der Waals surface area contributed by atoms with Crippen LogP contribution in [0.15, 0.2) is 6.20 Å². The van der Waals surface area contributed by atoms with Gasteiger partial charge in [-0.15, -0.1) is 0 Å². The molecule has 4 heteroatoms. The van der Waals surface area contributed by atoms with Crippen LogP contribution >= 0.6 is 0 Å². The number of rotatable bonds is 4. The number of nitrogens with zero attached hydrogens (tertiary/aromatic N) is 2. The van der Waals surface area contributed by atoms with Crippen LogP contribution in [0.3, 0.4) is 0 Å². The molecule has 80 valence electrons. The second-order valence-electron chi connectivity index (χ2n) is 3.74. The fourth-order valence-electron chi connectivity index (χ4n) is 1.47. The lowest BCUT2D eigenvalue weighted by atomic mass is 10.1. The molecule has 0 aliphatic rings. The van der Waals surface area contributed by atoms with E-state index >= 15 is 0 Å². The van der Waals surface area contributed by atoms with Crippen molar-refractivity contribution in [1.29, 1.82) is 0 Å². The lowest BCUT2D eigenvalue weighted by molar-refractivity contribution is 0.129. The quantitative estimate of drug-likeness (QED) is 0.734. The van der Waals surface area contributed by atoms with E-state index in [9.17, 15) is 8.78 Å². The summed E-state index contributed by atoms with van der Waals surface area (Å²) < 4.78 is 25.6. The summed E-state index contributed by atoms with van der Waals surface area (Å²) >= 11 is 0. The van der Waals surface area contributed by atoms with Gasteiger partial charge < -0.3 is 0 Å². The molecular weight excluding hydrogens is 186 g/mol. The molecule has 0 saturated carbocycles. The average molecular weight is 202 g/mol. The summed E-state index contributed by atoms with van der Waals surface area (Å²) in [5.74, 6) is 0.398. The average Bonchev–Trinajstić information content (AvgIpc) is 2.43. The summed E-state index contributed by atoms with van der Waals surface area (Å²) in [6, 6.07) is 0. The molecule has 0 aromatic carbocycles. The van der Waals surface area contributed by atoms with Crippen LogP contribution in [0.4, 0.5) is 8.78 Å². The Morgan fingerprint density at radius 1 is 1.43 bits per heavy atom. The Balaban J connectivity index is 2.70. The van der Waals surface area contributed by atoms with Crippen LogP contribution in [0.5, 0.6) is 0 Å². The molecule has 0 aliphatic carbocycles. The van der Waals surface area contributed by atoms with Gasteiger partial charge in [-0.1, -0.05) is 13.8 Å². The normalized spacial score (nSPS) is 11.6. The van der Waals surface area contributed by atoms with Crippen LogP contribution in [-0.4, -0.2) is 16.2 Å². The van der Waals surface area contributed by atoms with Gasteiger partial charge in [0.1, 0.15) is 0 Å². The van der Waals surface area contributed by atoms with E-state index in [0.717, 1.165) is 11.3 Å². The number of aromatic nitrogens is 2. The van der Waals surface area contributed by atoms with Crippen LogP contribution in [0.1, 0.15) is 37.4 Å². The van der Waals surface area contributed by atoms with Crippen molar-refractivity contribution in [3.05, 3.63) is 17.5 Å². The van der Waals surface area contributed by atoms with E-state index in [2.05, 4.69) is 18.9 Å². The maximum Gasteiger partial charge on any atom is 0.240 e. The van der Waals surface area contributed by atoms with Gasteiger partial charge in [-0.3, -0.25) is 4.68 Å². The lowest BCUT2D eigenvalue weighted by Gasteiger charge is -2.06. The van der Waals surface area contributed by atoms with Crippen molar-refractivity contribution in [2.75, 3.05) is 0 Å². The zero-order valence-electron chi connectivity index (χ0n) is 8.80. The molecule has 0 N–H and O–H groups in total. The van der Waals surface area contributed by atoms with E-state index in [0.29, 0.717) is 12.5 Å². The Kier molecular flexibility index (Phi) is 3.61. The molecule has 0 radical (unpaired) electrons. The number of halogens is 2. The highest BCUT2D eigenvalue weighted by Gasteiger charge is 2.10. The van der Waals surface area contributed by atoms with Crippen molar-refractivity contribution in [3.8, 4) is 0 Å². The van der Waals surface area contributed by atoms with E-state index in [4.69, 9.17) is 0 Å². The van der Waals surface area contributed by atoms with Gasteiger partial charge in [0.05, 0.1) is 6.20 Å². The zero-order valence-corrected chi connectivity index (χ0v) is 8.80. The van der Waals surface area contributed by atoms with E-state index < -0.39 is 6.43 Å². The molecular formula is C10H16F2N2. The van der Waals surface area contributed by atoms with Gasteiger partial charge >= 0.3 is 0 Å². The van der Waals surface area contributed by atoms with Gasteiger partial charge in [0.15, 0.2) is 0 Å². The van der Waals surface area contributed by atoms with Gasteiger partial charge in [0.2, 0.25) is 6.43 Å². The van der Waals surface area contributed by atoms with Crippen LogP contribution in [0.2, 0.25) is 0 Å². The van der Waals surface area contributed by atoms with Gasteiger partial charge in [-0.2, -0.15) is 5.10 Å². The molecule has 0 atom stereocenters. The minimum absolute atomic E-state index is 0.125. The first-order valence-electron chi connectivity index (χ1n) is 4.82. The SMILES string of the molecule is Cc1c(C(C)C)cnn1CCC(F)F. The third-order valence-electron chi connectivity index (χ3n) is 2.32. The fourth-order valence-corrected chi connectivity index (χ4v) is 1.47. The van der Waals surface area contributed by atoms with Crippen LogP contribution in [0.25, 0.3) is 0 Å². The Bertz CT molecular complexity index is 292. The smallest absolute Gasteiger partial charge is 0.240 e. The molecule has 0 bridgehead atoms. The monoisotopic (exact) mass is 202 g/mol. The van der Waals surface area contributed by atoms with E-state index in [1.165, 1.54) is 0 Å². The van der Waals surface area contributed by atoms with Crippen molar-refractivity contribution in [3.63, 3.8) is 0 Å². The summed E-state index contributed by atoms with van der Waals surface area (Å²) in [7, 11) is 0. The highest BCUT2D eigenvalue weighted by molar-refractivity contribution is 5.19. The Morgan fingerprint density at radius 2 is 2.07 bits per heavy atom. The predicted octanol–water partition coefficient (Wildman–Crippen LogP) is 2.97. The molecule has 0 aliphatic heterocycles. The van der Waals surface area contributed by atoms with Crippen LogP contribution in [0, 0.1) is 6.92 Å². The molecule has 0 fully saturated rings. The van der Waals surface area contributed by atoms with Gasteiger partial charge in [-0.05, 0) is 18.4 Å². The van der Waals surface area contributed by atoms with Crippen LogP contribution < -0.4 is 0 Å². The molecule has 2 nitrogen and oxygen atoms in total. The molecule has 0 spiro atoms. The van der Waals surface area contributed by atoms with Crippen molar-refractivity contribution < 1.29 is 8.78 Å². The summed E-state index contributed by atoms with van der Waals surface area (Å²) in [5, 5.41) is 4.09. The number of aryl methyl sites for hydroxylation is 1. The highest BCUT2D eigenvalue weighted by atomic mass is 19.3. The second-order valence-corrected chi connectivity index (χ2v) is 3.74. The molecule has 1 aromatic heterocycles. The zero-order chi connectivity index (χ0) is 10.7. The van der Waals surface area contributed by atoms with Crippen molar-refractivity contribution in [1.82, 2.24) is 9.78 Å². The molecule has 0 amide bonds. The summed E-state index contributed by atoms with van der Waals surface area (Å²) in [6.45, 7) is 6.37. The summed E-state index contributed by atoms with van der Waals surface area (Å²) in [5.41, 5.74) is 2.14. The second kappa shape index (κ2) is 4.53. The number of alkyl halides is 2. The third-order valence-corrected chi connectivity index (χ3v) is 2.32. The van der Waals surface area contributed by atoms with Crippen molar-refractivity contribution >= 4 is 0 Å². The lowest BCUT2D eigenvalue weighted by Crippen LogP contribution is -2.06. The van der Waals surface area contributed by atoms with Gasteiger partial charge in [0.25, 0.3) is 0 Å². The molecule has 14 heavy (non-hydrogen) atoms. The first kappa shape index (κ1) is 11.1. The number of hydrogen-bond donors (Lipinski definition) is 0. The molecule has 0 saturated heterocycles. The minimum Gasteiger partial charge on any atom is -0.269 e. The predicted molar refractivity (Wildman–Crippen MR) is 51.7 cm³/mol. The van der Waals surface area contributed by atoms with Crippen molar-refractivity contribution in [2.45, 2.75) is 46.1 Å². The highest BCUT2D eigenvalue weighted by Crippen LogP contribution is 2.18. The Hall–Kier alpha value is -0.930. The Morgan fingerprint density at radius 3 is 2.50 bits per heavy atom. The maximum absolute atomic E-state index is 12.0. The minimum atomic E-state index is -2.25. The van der Waals surface area contributed by atoms with Gasteiger partial charge in [-0.25, -0.2) is 8.78 Å². The Labute approximate surface area is 82.9 Å². The number of hydrogen-bond acceptors (Lipinski definition) is 1. The van der Waals surface area contributed by atoms with Crippen molar-refractivity contribution in [2.24, 2.45) is 0 Å². The largest absolute Gasteiger partial charge is 0.269 e. The van der Waals surface area contributed by atoms with E-state index in [1.807, 2.05) is 6.92 Å². The molecule has 1 rings (SSSR count). The molecule has 1 aromatic rings. The summed E-state index contributed by atoms with van der Waals surface area (Å²) in [4.78, 5) is 0. The first-order valence-corrected chi connectivity index (χ1v) is 4.82. The summed E-state index contributed by atoms with van der Waals surface area (Å²) in [6.07, 6.45) is -0.605. The molecule has 1 heterocycles. The van der Waals surface area contributed by atoms with Gasteiger partial charge in [0, 0.05) is 18.7 Å².